The molecule has 1 aliphatic heterocycles. The predicted molar refractivity (Wildman–Crippen MR) is 80.3 cm³/mol. The van der Waals surface area contributed by atoms with Gasteiger partial charge >= 0.3 is 12.0 Å². The summed E-state index contributed by atoms with van der Waals surface area (Å²) in [6.07, 6.45) is 2.81. The number of carboxylic acids is 1. The van der Waals surface area contributed by atoms with E-state index in [4.69, 9.17) is 0 Å². The van der Waals surface area contributed by atoms with Gasteiger partial charge in [0.2, 0.25) is 0 Å². The number of hydrogen-bond donors (Lipinski definition) is 2. The first kappa shape index (κ1) is 16.1. The van der Waals surface area contributed by atoms with Crippen molar-refractivity contribution in [3.05, 3.63) is 0 Å². The first-order valence-electron chi connectivity index (χ1n) is 7.80. The van der Waals surface area contributed by atoms with Crippen LogP contribution >= 0.6 is 0 Å². The summed E-state index contributed by atoms with van der Waals surface area (Å²) in [6.45, 7) is 9.47. The number of carbonyl (C=O) groups is 2. The van der Waals surface area contributed by atoms with Gasteiger partial charge in [0.15, 0.2) is 0 Å². The zero-order valence-electron chi connectivity index (χ0n) is 13.3. The molecule has 6 heteroatoms. The third-order valence-corrected chi connectivity index (χ3v) is 4.73. The normalized spacial score (nSPS) is 23.1. The summed E-state index contributed by atoms with van der Waals surface area (Å²) in [7, 11) is 0. The quantitative estimate of drug-likeness (QED) is 0.810. The van der Waals surface area contributed by atoms with Gasteiger partial charge in [-0.3, -0.25) is 4.90 Å². The van der Waals surface area contributed by atoms with E-state index in [-0.39, 0.29) is 11.6 Å². The molecule has 0 spiro atoms. The Labute approximate surface area is 126 Å². The van der Waals surface area contributed by atoms with Crippen molar-refractivity contribution in [1.29, 1.82) is 0 Å². The van der Waals surface area contributed by atoms with E-state index < -0.39 is 11.5 Å². The van der Waals surface area contributed by atoms with Crippen molar-refractivity contribution in [3.8, 4) is 0 Å². The Hall–Kier alpha value is -1.30. The number of urea groups is 1. The summed E-state index contributed by atoms with van der Waals surface area (Å²) >= 11 is 0. The molecule has 2 N–H and O–H groups in total. The van der Waals surface area contributed by atoms with Gasteiger partial charge in [-0.1, -0.05) is 12.8 Å². The maximum absolute atomic E-state index is 12.4. The molecule has 2 amide bonds. The van der Waals surface area contributed by atoms with Crippen LogP contribution in [0.3, 0.4) is 0 Å². The second kappa shape index (κ2) is 5.83. The second-order valence-corrected chi connectivity index (χ2v) is 7.17. The number of carbonyl (C=O) groups excluding carboxylic acids is 1. The molecule has 0 radical (unpaired) electrons. The maximum atomic E-state index is 12.4. The number of hydrogen-bond acceptors (Lipinski definition) is 3. The molecule has 0 aromatic rings. The minimum absolute atomic E-state index is 0.107. The van der Waals surface area contributed by atoms with Crippen LogP contribution in [0.4, 0.5) is 4.79 Å². The van der Waals surface area contributed by atoms with Gasteiger partial charge in [-0.15, -0.1) is 0 Å². The zero-order valence-corrected chi connectivity index (χ0v) is 13.3. The summed E-state index contributed by atoms with van der Waals surface area (Å²) in [5.74, 6) is -0.901. The molecule has 2 aliphatic rings. The molecule has 6 nitrogen and oxygen atoms in total. The SMILES string of the molecule is CC(C)(C)N1CCN(C(=O)NC2(C(=O)O)CCCC2)CC1. The van der Waals surface area contributed by atoms with E-state index in [1.807, 2.05) is 0 Å². The van der Waals surface area contributed by atoms with Gasteiger partial charge in [0.25, 0.3) is 0 Å². The average molecular weight is 297 g/mol. The highest BCUT2D eigenvalue weighted by Gasteiger charge is 2.43. The molecular weight excluding hydrogens is 270 g/mol. The molecule has 0 atom stereocenters. The zero-order chi connectivity index (χ0) is 15.7. The van der Waals surface area contributed by atoms with Crippen LogP contribution < -0.4 is 5.32 Å². The third-order valence-electron chi connectivity index (χ3n) is 4.73. The number of piperazine rings is 1. The van der Waals surface area contributed by atoms with Crippen molar-refractivity contribution >= 4 is 12.0 Å². The topological polar surface area (TPSA) is 72.9 Å². The molecule has 1 saturated carbocycles. The smallest absolute Gasteiger partial charge is 0.329 e. The number of aliphatic carboxylic acids is 1. The Kier molecular flexibility index (Phi) is 4.46. The lowest BCUT2D eigenvalue weighted by molar-refractivity contribution is -0.144. The van der Waals surface area contributed by atoms with Crippen molar-refractivity contribution in [3.63, 3.8) is 0 Å². The fourth-order valence-corrected chi connectivity index (χ4v) is 3.23. The van der Waals surface area contributed by atoms with Crippen LogP contribution in [0.15, 0.2) is 0 Å². The first-order valence-corrected chi connectivity index (χ1v) is 7.80. The van der Waals surface area contributed by atoms with Crippen molar-refractivity contribution in [2.24, 2.45) is 0 Å². The lowest BCUT2D eigenvalue weighted by Gasteiger charge is -2.42. The molecule has 1 saturated heterocycles. The molecule has 0 aromatic carbocycles. The minimum atomic E-state index is -1.04. The monoisotopic (exact) mass is 297 g/mol. The van der Waals surface area contributed by atoms with E-state index in [2.05, 4.69) is 31.0 Å². The number of nitrogens with one attached hydrogen (secondary N) is 1. The summed E-state index contributed by atoms with van der Waals surface area (Å²) in [4.78, 5) is 27.9. The molecule has 2 fully saturated rings. The second-order valence-electron chi connectivity index (χ2n) is 7.17. The van der Waals surface area contributed by atoms with Crippen LogP contribution in [0.5, 0.6) is 0 Å². The van der Waals surface area contributed by atoms with Crippen molar-refractivity contribution in [1.82, 2.24) is 15.1 Å². The number of nitrogens with zero attached hydrogens (tertiary/aromatic N) is 2. The largest absolute Gasteiger partial charge is 0.480 e. The van der Waals surface area contributed by atoms with E-state index in [1.54, 1.807) is 4.90 Å². The number of rotatable bonds is 2. The van der Waals surface area contributed by atoms with E-state index in [0.29, 0.717) is 25.9 Å². The van der Waals surface area contributed by atoms with Crippen LogP contribution in [0.1, 0.15) is 46.5 Å². The first-order chi connectivity index (χ1) is 9.74. The third kappa shape index (κ3) is 3.48. The highest BCUT2D eigenvalue weighted by Crippen LogP contribution is 2.30. The number of carboxylic acid groups (broad SMARTS) is 1. The molecule has 120 valence electrons. The maximum Gasteiger partial charge on any atom is 0.329 e. The standard InChI is InChI=1S/C15H27N3O3/c1-14(2,3)18-10-8-17(9-11-18)13(21)16-15(12(19)20)6-4-5-7-15/h4-11H2,1-3H3,(H,16,21)(H,19,20). The number of amides is 2. The van der Waals surface area contributed by atoms with Crippen molar-refractivity contribution in [2.75, 3.05) is 26.2 Å². The summed E-state index contributed by atoms with van der Waals surface area (Å²) in [5, 5.41) is 12.2. The molecule has 1 aliphatic carbocycles. The lowest BCUT2D eigenvalue weighted by Crippen LogP contribution is -2.61. The van der Waals surface area contributed by atoms with Gasteiger partial charge < -0.3 is 15.3 Å². The molecule has 1 heterocycles. The minimum Gasteiger partial charge on any atom is -0.480 e. The van der Waals surface area contributed by atoms with Gasteiger partial charge in [-0.25, -0.2) is 9.59 Å². The van der Waals surface area contributed by atoms with Crippen LogP contribution in [-0.4, -0.2) is 64.2 Å². The van der Waals surface area contributed by atoms with Crippen LogP contribution in [-0.2, 0) is 4.79 Å². The van der Waals surface area contributed by atoms with Gasteiger partial charge in [0.05, 0.1) is 0 Å². The molecular formula is C15H27N3O3. The molecule has 0 bridgehead atoms. The van der Waals surface area contributed by atoms with Gasteiger partial charge in [0, 0.05) is 31.7 Å². The Morgan fingerprint density at radius 1 is 1.05 bits per heavy atom. The molecule has 2 rings (SSSR count). The van der Waals surface area contributed by atoms with Crippen LogP contribution in [0.2, 0.25) is 0 Å². The van der Waals surface area contributed by atoms with E-state index >= 15 is 0 Å². The molecule has 21 heavy (non-hydrogen) atoms. The Balaban J connectivity index is 1.92. The van der Waals surface area contributed by atoms with Gasteiger partial charge in [0.1, 0.15) is 5.54 Å². The van der Waals surface area contributed by atoms with E-state index in [9.17, 15) is 14.7 Å². The summed E-state index contributed by atoms with van der Waals surface area (Å²) in [6, 6.07) is -0.229. The Bertz CT molecular complexity index is 403. The summed E-state index contributed by atoms with van der Waals surface area (Å²) < 4.78 is 0. The Morgan fingerprint density at radius 3 is 2.00 bits per heavy atom. The van der Waals surface area contributed by atoms with Crippen molar-refractivity contribution < 1.29 is 14.7 Å². The van der Waals surface area contributed by atoms with Crippen LogP contribution in [0, 0.1) is 0 Å². The highest BCUT2D eigenvalue weighted by atomic mass is 16.4. The Morgan fingerprint density at radius 2 is 1.57 bits per heavy atom. The predicted octanol–water partition coefficient (Wildman–Crippen LogP) is 1.51. The molecule has 0 aromatic heterocycles. The van der Waals surface area contributed by atoms with Gasteiger partial charge in [-0.05, 0) is 33.6 Å². The van der Waals surface area contributed by atoms with Crippen LogP contribution in [0.25, 0.3) is 0 Å². The summed E-state index contributed by atoms with van der Waals surface area (Å²) in [5.41, 5.74) is -0.936. The highest BCUT2D eigenvalue weighted by molar-refractivity contribution is 5.86. The van der Waals surface area contributed by atoms with E-state index in [1.165, 1.54) is 0 Å². The fourth-order valence-electron chi connectivity index (χ4n) is 3.23. The lowest BCUT2D eigenvalue weighted by atomic mass is 9.98. The fraction of sp³-hybridized carbons (Fsp3) is 0.867. The molecule has 0 unspecified atom stereocenters. The average Bonchev–Trinajstić information content (AvgIpc) is 2.88. The van der Waals surface area contributed by atoms with Crippen molar-refractivity contribution in [2.45, 2.75) is 57.5 Å². The van der Waals surface area contributed by atoms with E-state index in [0.717, 1.165) is 25.9 Å². The van der Waals surface area contributed by atoms with Gasteiger partial charge in [-0.2, -0.15) is 0 Å².